The molecule has 0 spiro atoms. The van der Waals surface area contributed by atoms with Crippen molar-refractivity contribution in [3.8, 4) is 0 Å². The lowest BCUT2D eigenvalue weighted by atomic mass is 10.1. The zero-order valence-electron chi connectivity index (χ0n) is 8.86. The maximum absolute atomic E-state index is 10.6. The van der Waals surface area contributed by atoms with E-state index in [0.717, 1.165) is 18.8 Å². The number of hydrogen-bond donors (Lipinski definition) is 0. The summed E-state index contributed by atoms with van der Waals surface area (Å²) >= 11 is 5.88. The molecule has 1 fully saturated rings. The summed E-state index contributed by atoms with van der Waals surface area (Å²) in [6.45, 7) is 2.02. The largest absolute Gasteiger partial charge is 0.371 e. The first-order valence-electron chi connectivity index (χ1n) is 5.37. The molecule has 16 heavy (non-hydrogen) atoms. The fourth-order valence-corrected chi connectivity index (χ4v) is 2.24. The summed E-state index contributed by atoms with van der Waals surface area (Å²) in [4.78, 5) is 12.4. The summed E-state index contributed by atoms with van der Waals surface area (Å²) in [5, 5.41) is 10.8. The Bertz CT molecular complexity index is 403. The second kappa shape index (κ2) is 4.70. The third-order valence-electron chi connectivity index (χ3n) is 2.85. The Hall–Kier alpha value is -1.29. The number of anilines is 1. The Morgan fingerprint density at radius 1 is 1.25 bits per heavy atom. The minimum absolute atomic E-state index is 0.0255. The highest BCUT2D eigenvalue weighted by molar-refractivity contribution is 6.32. The molecule has 5 heteroatoms. The van der Waals surface area contributed by atoms with Gasteiger partial charge in [0, 0.05) is 24.8 Å². The molecule has 0 radical (unpaired) electrons. The van der Waals surface area contributed by atoms with Gasteiger partial charge in [0.2, 0.25) is 0 Å². The minimum atomic E-state index is -0.456. The van der Waals surface area contributed by atoms with Crippen molar-refractivity contribution in [2.75, 3.05) is 18.0 Å². The maximum Gasteiger partial charge on any atom is 0.288 e. The van der Waals surface area contributed by atoms with Crippen LogP contribution >= 0.6 is 11.6 Å². The van der Waals surface area contributed by atoms with Gasteiger partial charge in [0.15, 0.2) is 0 Å². The fourth-order valence-electron chi connectivity index (χ4n) is 1.99. The highest BCUT2D eigenvalue weighted by atomic mass is 35.5. The average molecular weight is 241 g/mol. The highest BCUT2D eigenvalue weighted by Crippen LogP contribution is 2.30. The Morgan fingerprint density at radius 2 is 1.94 bits per heavy atom. The van der Waals surface area contributed by atoms with Gasteiger partial charge in [0.1, 0.15) is 5.02 Å². The Morgan fingerprint density at radius 3 is 2.50 bits per heavy atom. The van der Waals surface area contributed by atoms with Gasteiger partial charge >= 0.3 is 0 Å². The van der Waals surface area contributed by atoms with E-state index in [1.54, 1.807) is 12.1 Å². The molecular weight excluding hydrogens is 228 g/mol. The van der Waals surface area contributed by atoms with E-state index < -0.39 is 4.92 Å². The molecule has 0 saturated carbocycles. The highest BCUT2D eigenvalue weighted by Gasteiger charge is 2.16. The summed E-state index contributed by atoms with van der Waals surface area (Å²) in [5.41, 5.74) is 0.956. The van der Waals surface area contributed by atoms with Crippen molar-refractivity contribution in [1.29, 1.82) is 0 Å². The molecule has 1 aliphatic rings. The van der Waals surface area contributed by atoms with Crippen LogP contribution in [0.25, 0.3) is 0 Å². The normalized spacial score (nSPS) is 16.2. The fraction of sp³-hybridized carbons (Fsp3) is 0.455. The van der Waals surface area contributed by atoms with Crippen LogP contribution in [-0.2, 0) is 0 Å². The summed E-state index contributed by atoms with van der Waals surface area (Å²) in [6, 6.07) is 4.94. The number of nitro benzene ring substituents is 1. The van der Waals surface area contributed by atoms with Crippen molar-refractivity contribution >= 4 is 23.0 Å². The Balaban J connectivity index is 2.23. The van der Waals surface area contributed by atoms with Gasteiger partial charge in [-0.15, -0.1) is 0 Å². The van der Waals surface area contributed by atoms with E-state index in [9.17, 15) is 10.1 Å². The second-order valence-electron chi connectivity index (χ2n) is 3.94. The first-order chi connectivity index (χ1) is 7.68. The number of hydrogen-bond acceptors (Lipinski definition) is 3. The lowest BCUT2D eigenvalue weighted by Gasteiger charge is -2.28. The van der Waals surface area contributed by atoms with Gasteiger partial charge in [0.05, 0.1) is 4.92 Å². The number of piperidine rings is 1. The molecule has 1 aromatic rings. The van der Waals surface area contributed by atoms with Crippen molar-refractivity contribution in [3.05, 3.63) is 33.3 Å². The zero-order valence-corrected chi connectivity index (χ0v) is 9.61. The molecule has 86 valence electrons. The molecule has 0 bridgehead atoms. The van der Waals surface area contributed by atoms with E-state index in [1.807, 2.05) is 0 Å². The molecule has 2 rings (SSSR count). The van der Waals surface area contributed by atoms with Gasteiger partial charge in [-0.25, -0.2) is 0 Å². The Kier molecular flexibility index (Phi) is 3.29. The van der Waals surface area contributed by atoms with Crippen molar-refractivity contribution in [3.63, 3.8) is 0 Å². The van der Waals surface area contributed by atoms with Crippen LogP contribution < -0.4 is 4.90 Å². The predicted octanol–water partition coefficient (Wildman–Crippen LogP) is 3.24. The molecule has 0 aromatic heterocycles. The van der Waals surface area contributed by atoms with Crippen LogP contribution in [0.4, 0.5) is 11.4 Å². The van der Waals surface area contributed by atoms with Gasteiger partial charge in [-0.2, -0.15) is 0 Å². The molecule has 0 amide bonds. The number of nitrogens with zero attached hydrogens (tertiary/aromatic N) is 2. The van der Waals surface area contributed by atoms with Crippen molar-refractivity contribution < 1.29 is 4.92 Å². The lowest BCUT2D eigenvalue weighted by Crippen LogP contribution is -2.29. The van der Waals surface area contributed by atoms with Crippen molar-refractivity contribution in [1.82, 2.24) is 0 Å². The zero-order chi connectivity index (χ0) is 11.5. The van der Waals surface area contributed by atoms with E-state index in [0.29, 0.717) is 0 Å². The van der Waals surface area contributed by atoms with Gasteiger partial charge in [0.25, 0.3) is 5.69 Å². The number of benzene rings is 1. The molecule has 4 nitrogen and oxygen atoms in total. The summed E-state index contributed by atoms with van der Waals surface area (Å²) < 4.78 is 0. The molecule has 1 heterocycles. The molecule has 1 aromatic carbocycles. The third-order valence-corrected chi connectivity index (χ3v) is 3.15. The van der Waals surface area contributed by atoms with Gasteiger partial charge in [-0.1, -0.05) is 11.6 Å². The summed E-state index contributed by atoms with van der Waals surface area (Å²) in [5.74, 6) is 0. The van der Waals surface area contributed by atoms with E-state index in [-0.39, 0.29) is 10.7 Å². The first kappa shape index (κ1) is 11.2. The first-order valence-corrected chi connectivity index (χ1v) is 5.75. The number of nitro groups is 1. The topological polar surface area (TPSA) is 46.4 Å². The van der Waals surface area contributed by atoms with Crippen LogP contribution in [0.1, 0.15) is 19.3 Å². The molecule has 1 saturated heterocycles. The van der Waals surface area contributed by atoms with E-state index >= 15 is 0 Å². The minimum Gasteiger partial charge on any atom is -0.371 e. The van der Waals surface area contributed by atoms with Gasteiger partial charge < -0.3 is 4.90 Å². The third kappa shape index (κ3) is 2.27. The molecular formula is C11H13ClN2O2. The molecule has 1 aliphatic heterocycles. The maximum atomic E-state index is 10.6. The van der Waals surface area contributed by atoms with Crippen LogP contribution in [0.5, 0.6) is 0 Å². The van der Waals surface area contributed by atoms with Crippen LogP contribution in [0.2, 0.25) is 5.02 Å². The lowest BCUT2D eigenvalue weighted by molar-refractivity contribution is -0.384. The van der Waals surface area contributed by atoms with Gasteiger partial charge in [-0.3, -0.25) is 10.1 Å². The number of rotatable bonds is 2. The predicted molar refractivity (Wildman–Crippen MR) is 64.2 cm³/mol. The second-order valence-corrected chi connectivity index (χ2v) is 4.35. The standard InChI is InChI=1S/C11H13ClN2O2/c12-10-8-9(4-5-11(10)14(15)16)13-6-2-1-3-7-13/h4-5,8H,1-3,6-7H2. The van der Waals surface area contributed by atoms with E-state index in [4.69, 9.17) is 11.6 Å². The number of halogens is 1. The van der Waals surface area contributed by atoms with Crippen LogP contribution in [0.15, 0.2) is 18.2 Å². The molecule has 0 aliphatic carbocycles. The monoisotopic (exact) mass is 240 g/mol. The summed E-state index contributed by atoms with van der Waals surface area (Å²) in [6.07, 6.45) is 3.61. The van der Waals surface area contributed by atoms with Crippen LogP contribution in [-0.4, -0.2) is 18.0 Å². The summed E-state index contributed by atoms with van der Waals surface area (Å²) in [7, 11) is 0. The van der Waals surface area contributed by atoms with Gasteiger partial charge in [-0.05, 0) is 31.4 Å². The smallest absolute Gasteiger partial charge is 0.288 e. The van der Waals surface area contributed by atoms with Crippen LogP contribution in [0, 0.1) is 10.1 Å². The van der Waals surface area contributed by atoms with E-state index in [1.165, 1.54) is 25.3 Å². The SMILES string of the molecule is O=[N+]([O-])c1ccc(N2CCCCC2)cc1Cl. The molecule has 0 unspecified atom stereocenters. The van der Waals surface area contributed by atoms with Crippen LogP contribution in [0.3, 0.4) is 0 Å². The molecule has 0 N–H and O–H groups in total. The quantitative estimate of drug-likeness (QED) is 0.589. The van der Waals surface area contributed by atoms with Crippen molar-refractivity contribution in [2.24, 2.45) is 0 Å². The average Bonchev–Trinajstić information content (AvgIpc) is 2.29. The van der Waals surface area contributed by atoms with Crippen molar-refractivity contribution in [2.45, 2.75) is 19.3 Å². The van der Waals surface area contributed by atoms with E-state index in [2.05, 4.69) is 4.90 Å². The Labute approximate surface area is 99.0 Å². The molecule has 0 atom stereocenters.